The number of hydrogen-bond acceptors (Lipinski definition) is 7. The number of alkyl halides is 3. The number of carbonyl (C=O) groups excluding carboxylic acids is 3. The van der Waals surface area contributed by atoms with E-state index in [0.29, 0.717) is 37.2 Å². The topological polar surface area (TPSA) is 143 Å². The molecule has 222 valence electrons. The molecule has 1 atom stereocenters. The normalized spacial score (nSPS) is 15.7. The van der Waals surface area contributed by atoms with Gasteiger partial charge in [-0.05, 0) is 57.5 Å². The van der Waals surface area contributed by atoms with Crippen LogP contribution in [0.1, 0.15) is 48.7 Å². The SMILES string of the molecule is CC(C)(C)OC(=O)Nc1ccc(C(F)(F)F)cc1C(=O)NCC(=O)N[C@@H]1CCN(Cc2ccc(Cl)cc2[N+](=O)[O-])C1. The zero-order chi connectivity index (χ0) is 30.5. The number of nitrogens with one attached hydrogen (secondary N) is 3. The predicted octanol–water partition coefficient (Wildman–Crippen LogP) is 4.73. The van der Waals surface area contributed by atoms with Crippen LogP contribution in [0.5, 0.6) is 0 Å². The highest BCUT2D eigenvalue weighted by Crippen LogP contribution is 2.32. The van der Waals surface area contributed by atoms with Crippen LogP contribution in [0.4, 0.5) is 29.3 Å². The van der Waals surface area contributed by atoms with E-state index in [4.69, 9.17) is 16.3 Å². The Hall–Kier alpha value is -3.91. The number of benzene rings is 2. The maximum atomic E-state index is 13.3. The number of ether oxygens (including phenoxy) is 1. The van der Waals surface area contributed by atoms with Gasteiger partial charge in [-0.1, -0.05) is 11.6 Å². The van der Waals surface area contributed by atoms with E-state index in [0.717, 1.165) is 6.07 Å². The van der Waals surface area contributed by atoms with Crippen molar-refractivity contribution in [2.75, 3.05) is 25.0 Å². The summed E-state index contributed by atoms with van der Waals surface area (Å²) in [6.45, 7) is 5.43. The Balaban J connectivity index is 1.60. The van der Waals surface area contributed by atoms with Gasteiger partial charge in [0.05, 0.1) is 28.3 Å². The lowest BCUT2D eigenvalue weighted by Crippen LogP contribution is -2.43. The van der Waals surface area contributed by atoms with Gasteiger partial charge < -0.3 is 15.4 Å². The summed E-state index contributed by atoms with van der Waals surface area (Å²) in [4.78, 5) is 50.2. The molecule has 11 nitrogen and oxygen atoms in total. The molecule has 41 heavy (non-hydrogen) atoms. The Morgan fingerprint density at radius 3 is 2.49 bits per heavy atom. The molecule has 15 heteroatoms. The molecule has 2 aromatic carbocycles. The number of nitrogens with zero attached hydrogens (tertiary/aromatic N) is 2. The quantitative estimate of drug-likeness (QED) is 0.294. The molecular formula is C26H29ClF3N5O6. The molecule has 3 rings (SSSR count). The van der Waals surface area contributed by atoms with E-state index >= 15 is 0 Å². The van der Waals surface area contributed by atoms with Gasteiger partial charge in [-0.25, -0.2) is 4.79 Å². The lowest BCUT2D eigenvalue weighted by molar-refractivity contribution is -0.385. The summed E-state index contributed by atoms with van der Waals surface area (Å²) in [6.07, 6.45) is -5.19. The second-order valence-electron chi connectivity index (χ2n) is 10.4. The first-order chi connectivity index (χ1) is 19.0. The maximum absolute atomic E-state index is 13.3. The molecule has 1 aliphatic heterocycles. The minimum absolute atomic E-state index is 0.109. The van der Waals surface area contributed by atoms with Crippen molar-refractivity contribution in [2.45, 2.75) is 51.6 Å². The van der Waals surface area contributed by atoms with Crippen LogP contribution in [0, 0.1) is 10.1 Å². The highest BCUT2D eigenvalue weighted by atomic mass is 35.5. The summed E-state index contributed by atoms with van der Waals surface area (Å²) < 4.78 is 45.0. The summed E-state index contributed by atoms with van der Waals surface area (Å²) in [5.74, 6) is -1.60. The number of rotatable bonds is 8. The van der Waals surface area contributed by atoms with Crippen LogP contribution >= 0.6 is 11.6 Å². The number of nitro groups is 1. The summed E-state index contributed by atoms with van der Waals surface area (Å²) in [5.41, 5.74) is -2.38. The fraction of sp³-hybridized carbons (Fsp3) is 0.423. The van der Waals surface area contributed by atoms with Crippen molar-refractivity contribution >= 4 is 40.9 Å². The fourth-order valence-corrected chi connectivity index (χ4v) is 4.31. The largest absolute Gasteiger partial charge is 0.444 e. The van der Waals surface area contributed by atoms with E-state index in [-0.39, 0.29) is 29.0 Å². The molecule has 0 spiro atoms. The highest BCUT2D eigenvalue weighted by Gasteiger charge is 2.32. The van der Waals surface area contributed by atoms with Gasteiger partial charge in [-0.2, -0.15) is 13.2 Å². The molecule has 3 N–H and O–H groups in total. The third-order valence-corrected chi connectivity index (χ3v) is 6.15. The standard InChI is InChI=1S/C26H29ClF3N5O6/c1-25(2,3)41-24(38)33-20-7-5-16(26(28,29)30)10-19(20)23(37)31-12-22(36)32-18-8-9-34(14-18)13-15-4-6-17(27)11-21(15)35(39)40/h4-7,10-11,18H,8-9,12-14H2,1-3H3,(H,31,37)(H,32,36)(H,33,38)/t18-/m1/s1. The molecule has 0 radical (unpaired) electrons. The third-order valence-electron chi connectivity index (χ3n) is 5.91. The highest BCUT2D eigenvalue weighted by molar-refractivity contribution is 6.30. The zero-order valence-electron chi connectivity index (χ0n) is 22.4. The van der Waals surface area contributed by atoms with E-state index in [1.165, 1.54) is 6.07 Å². The van der Waals surface area contributed by atoms with Crippen molar-refractivity contribution < 1.29 is 37.2 Å². The van der Waals surface area contributed by atoms with E-state index < -0.39 is 52.3 Å². The smallest absolute Gasteiger partial charge is 0.416 e. The lowest BCUT2D eigenvalue weighted by Gasteiger charge is -2.21. The Morgan fingerprint density at radius 2 is 1.85 bits per heavy atom. The second-order valence-corrected chi connectivity index (χ2v) is 10.8. The molecule has 1 saturated heterocycles. The average molecular weight is 600 g/mol. The van der Waals surface area contributed by atoms with Crippen LogP contribution < -0.4 is 16.0 Å². The summed E-state index contributed by atoms with van der Waals surface area (Å²) in [6, 6.07) is 6.30. The van der Waals surface area contributed by atoms with E-state index in [1.807, 2.05) is 4.90 Å². The monoisotopic (exact) mass is 599 g/mol. The van der Waals surface area contributed by atoms with Crippen molar-refractivity contribution in [3.63, 3.8) is 0 Å². The van der Waals surface area contributed by atoms with Crippen molar-refractivity contribution in [1.29, 1.82) is 0 Å². The molecule has 0 aromatic heterocycles. The Kier molecular flexibility index (Phi) is 9.81. The molecule has 0 bridgehead atoms. The van der Waals surface area contributed by atoms with Gasteiger partial charge in [0.2, 0.25) is 5.91 Å². The number of amides is 3. The van der Waals surface area contributed by atoms with Crippen LogP contribution in [-0.2, 0) is 22.3 Å². The van der Waals surface area contributed by atoms with Gasteiger partial charge >= 0.3 is 12.3 Å². The van der Waals surface area contributed by atoms with Crippen molar-refractivity contribution in [1.82, 2.24) is 15.5 Å². The molecular weight excluding hydrogens is 571 g/mol. The predicted molar refractivity (Wildman–Crippen MR) is 144 cm³/mol. The third kappa shape index (κ3) is 9.32. The van der Waals surface area contributed by atoms with Crippen molar-refractivity contribution in [3.05, 3.63) is 68.2 Å². The number of nitro benzene ring substituents is 1. The van der Waals surface area contributed by atoms with Gasteiger partial charge in [-0.3, -0.25) is 29.9 Å². The molecule has 1 aliphatic rings. The number of halogens is 4. The minimum Gasteiger partial charge on any atom is -0.444 e. The lowest BCUT2D eigenvalue weighted by atomic mass is 10.1. The van der Waals surface area contributed by atoms with E-state index in [2.05, 4.69) is 16.0 Å². The molecule has 0 unspecified atom stereocenters. The Morgan fingerprint density at radius 1 is 1.15 bits per heavy atom. The van der Waals surface area contributed by atoms with E-state index in [9.17, 15) is 37.7 Å². The minimum atomic E-state index is -4.75. The first-order valence-corrected chi connectivity index (χ1v) is 12.8. The van der Waals surface area contributed by atoms with Crippen LogP contribution in [-0.4, -0.2) is 59.0 Å². The summed E-state index contributed by atoms with van der Waals surface area (Å²) in [7, 11) is 0. The van der Waals surface area contributed by atoms with Gasteiger partial charge in [0.25, 0.3) is 11.6 Å². The van der Waals surface area contributed by atoms with Crippen LogP contribution in [0.2, 0.25) is 5.02 Å². The van der Waals surface area contributed by atoms with Crippen molar-refractivity contribution in [3.8, 4) is 0 Å². The average Bonchev–Trinajstić information content (AvgIpc) is 3.28. The molecule has 2 aromatic rings. The summed E-state index contributed by atoms with van der Waals surface area (Å²) >= 11 is 5.86. The number of hydrogen-bond donors (Lipinski definition) is 3. The molecule has 0 aliphatic carbocycles. The fourth-order valence-electron chi connectivity index (χ4n) is 4.14. The Labute approximate surface area is 238 Å². The van der Waals surface area contributed by atoms with E-state index in [1.54, 1.807) is 32.9 Å². The molecule has 3 amide bonds. The van der Waals surface area contributed by atoms with Gasteiger partial charge in [-0.15, -0.1) is 0 Å². The first-order valence-electron chi connectivity index (χ1n) is 12.5. The maximum Gasteiger partial charge on any atom is 0.416 e. The number of anilines is 1. The molecule has 0 saturated carbocycles. The first kappa shape index (κ1) is 31.6. The van der Waals surface area contributed by atoms with Gasteiger partial charge in [0.15, 0.2) is 0 Å². The number of likely N-dealkylation sites (tertiary alicyclic amines) is 1. The van der Waals surface area contributed by atoms with Crippen molar-refractivity contribution in [2.24, 2.45) is 0 Å². The number of carbonyl (C=O) groups is 3. The van der Waals surface area contributed by atoms with Gasteiger partial charge in [0.1, 0.15) is 5.60 Å². The Bertz CT molecular complexity index is 1330. The molecule has 1 fully saturated rings. The summed E-state index contributed by atoms with van der Waals surface area (Å²) in [5, 5.41) is 18.9. The second kappa shape index (κ2) is 12.7. The van der Waals surface area contributed by atoms with Gasteiger partial charge in [0, 0.05) is 42.3 Å². The van der Waals surface area contributed by atoms with Crippen LogP contribution in [0.3, 0.4) is 0 Å². The molecule has 1 heterocycles. The van der Waals surface area contributed by atoms with Crippen LogP contribution in [0.15, 0.2) is 36.4 Å². The van der Waals surface area contributed by atoms with Crippen LogP contribution in [0.25, 0.3) is 0 Å². The zero-order valence-corrected chi connectivity index (χ0v) is 23.2.